The molecule has 4 rings (SSSR count). The van der Waals surface area contributed by atoms with E-state index >= 15 is 0 Å². The van der Waals surface area contributed by atoms with Crippen LogP contribution in [0.15, 0.2) is 36.4 Å². The van der Waals surface area contributed by atoms with Gasteiger partial charge in [-0.15, -0.1) is 0 Å². The molecule has 2 aliphatic rings. The third-order valence-corrected chi connectivity index (χ3v) is 5.56. The summed E-state index contributed by atoms with van der Waals surface area (Å²) in [4.78, 5) is 16.6. The zero-order chi connectivity index (χ0) is 21.3. The highest BCUT2D eigenvalue weighted by Gasteiger charge is 2.30. The van der Waals surface area contributed by atoms with Crippen LogP contribution in [0.2, 0.25) is 0 Å². The second kappa shape index (κ2) is 8.19. The molecule has 2 aliphatic heterocycles. The predicted molar refractivity (Wildman–Crippen MR) is 120 cm³/mol. The molecule has 6 nitrogen and oxygen atoms in total. The highest BCUT2D eigenvalue weighted by atomic mass is 16.6. The van der Waals surface area contributed by atoms with Crippen molar-refractivity contribution in [3.63, 3.8) is 0 Å². The third kappa shape index (κ3) is 4.38. The summed E-state index contributed by atoms with van der Waals surface area (Å²) < 4.78 is 11.7. The second-order valence-electron chi connectivity index (χ2n) is 8.90. The minimum Gasteiger partial charge on any atom is -0.457 e. The van der Waals surface area contributed by atoms with Crippen LogP contribution in [0.4, 0.5) is 16.2 Å². The maximum absolute atomic E-state index is 12.5. The molecule has 0 saturated carbocycles. The first-order valence-electron chi connectivity index (χ1n) is 10.7. The number of hydrogen-bond acceptors (Lipinski definition) is 5. The Morgan fingerprint density at radius 1 is 1.00 bits per heavy atom. The van der Waals surface area contributed by atoms with Gasteiger partial charge in [-0.2, -0.15) is 0 Å². The summed E-state index contributed by atoms with van der Waals surface area (Å²) in [6.07, 6.45) is 0.511. The minimum absolute atomic E-state index is 0.294. The number of hydrogen-bond donors (Lipinski definition) is 1. The van der Waals surface area contributed by atoms with E-state index < -0.39 is 5.60 Å². The Morgan fingerprint density at radius 2 is 1.70 bits per heavy atom. The zero-order valence-electron chi connectivity index (χ0n) is 18.3. The summed E-state index contributed by atoms with van der Waals surface area (Å²) in [6, 6.07) is 12.2. The van der Waals surface area contributed by atoms with Gasteiger partial charge in [-0.3, -0.25) is 4.90 Å². The van der Waals surface area contributed by atoms with Crippen LogP contribution in [-0.2, 0) is 11.2 Å². The molecular weight excluding hydrogens is 378 g/mol. The fraction of sp³-hybridized carbons (Fsp3) is 0.458. The minimum atomic E-state index is -0.505. The van der Waals surface area contributed by atoms with Crippen LogP contribution in [0.3, 0.4) is 0 Å². The molecule has 6 heteroatoms. The molecule has 0 radical (unpaired) electrons. The molecule has 2 aromatic carbocycles. The third-order valence-electron chi connectivity index (χ3n) is 5.56. The molecule has 0 unspecified atom stereocenters. The molecule has 1 fully saturated rings. The van der Waals surface area contributed by atoms with Gasteiger partial charge < -0.3 is 19.7 Å². The lowest BCUT2D eigenvalue weighted by Crippen LogP contribution is -2.43. The number of carbonyl (C=O) groups is 1. The molecule has 1 saturated heterocycles. The summed E-state index contributed by atoms with van der Waals surface area (Å²) in [5.74, 6) is 1.65. The van der Waals surface area contributed by atoms with Gasteiger partial charge >= 0.3 is 6.09 Å². The molecule has 0 atom stereocenters. The molecule has 160 valence electrons. The van der Waals surface area contributed by atoms with Gasteiger partial charge in [0.25, 0.3) is 0 Å². The van der Waals surface area contributed by atoms with Crippen molar-refractivity contribution in [3.05, 3.63) is 47.5 Å². The molecule has 0 aromatic heterocycles. The van der Waals surface area contributed by atoms with E-state index in [9.17, 15) is 4.79 Å². The molecule has 30 heavy (non-hydrogen) atoms. The lowest BCUT2D eigenvalue weighted by Gasteiger charge is -2.29. The van der Waals surface area contributed by atoms with Crippen molar-refractivity contribution < 1.29 is 14.3 Å². The zero-order valence-corrected chi connectivity index (χ0v) is 18.3. The molecule has 0 bridgehead atoms. The van der Waals surface area contributed by atoms with Crippen molar-refractivity contribution in [2.75, 3.05) is 42.5 Å². The number of fused-ring (bicyclic) bond motifs is 1. The first-order valence-corrected chi connectivity index (χ1v) is 10.7. The molecule has 1 N–H and O–H groups in total. The van der Waals surface area contributed by atoms with Crippen molar-refractivity contribution in [1.82, 2.24) is 5.32 Å². The van der Waals surface area contributed by atoms with Crippen molar-refractivity contribution in [2.45, 2.75) is 39.7 Å². The van der Waals surface area contributed by atoms with Gasteiger partial charge in [0.2, 0.25) is 0 Å². The lowest BCUT2D eigenvalue weighted by atomic mass is 10.1. The Kier molecular flexibility index (Phi) is 5.60. The van der Waals surface area contributed by atoms with Gasteiger partial charge in [-0.1, -0.05) is 0 Å². The normalized spacial score (nSPS) is 16.4. The van der Waals surface area contributed by atoms with Crippen molar-refractivity contribution >= 4 is 17.5 Å². The number of nitrogens with one attached hydrogen (secondary N) is 1. The van der Waals surface area contributed by atoms with Gasteiger partial charge in [-0.05, 0) is 81.6 Å². The fourth-order valence-corrected chi connectivity index (χ4v) is 4.03. The smallest absolute Gasteiger partial charge is 0.414 e. The quantitative estimate of drug-likeness (QED) is 0.809. The van der Waals surface area contributed by atoms with E-state index in [1.165, 1.54) is 5.69 Å². The molecule has 0 spiro atoms. The first kappa shape index (κ1) is 20.5. The van der Waals surface area contributed by atoms with Crippen molar-refractivity contribution in [2.24, 2.45) is 0 Å². The van der Waals surface area contributed by atoms with E-state index in [0.29, 0.717) is 6.54 Å². The van der Waals surface area contributed by atoms with Crippen LogP contribution in [0, 0.1) is 6.92 Å². The van der Waals surface area contributed by atoms with E-state index in [1.54, 1.807) is 4.90 Å². The van der Waals surface area contributed by atoms with E-state index in [0.717, 1.165) is 60.9 Å². The summed E-state index contributed by atoms with van der Waals surface area (Å²) in [5, 5.41) is 3.38. The fourth-order valence-electron chi connectivity index (χ4n) is 4.03. The molecular formula is C24H31N3O3. The van der Waals surface area contributed by atoms with E-state index in [-0.39, 0.29) is 6.09 Å². The van der Waals surface area contributed by atoms with Gasteiger partial charge in [0.15, 0.2) is 0 Å². The monoisotopic (exact) mass is 409 g/mol. The SMILES string of the molecule is Cc1c(Oc2ccc(N3CCNCC3)cc2)ccc2c1CCN2C(=O)OC(C)(C)C. The summed E-state index contributed by atoms with van der Waals surface area (Å²) >= 11 is 0. The number of anilines is 2. The lowest BCUT2D eigenvalue weighted by molar-refractivity contribution is 0.0584. The number of rotatable bonds is 3. The average molecular weight is 410 g/mol. The molecule has 2 aromatic rings. The van der Waals surface area contributed by atoms with Crippen molar-refractivity contribution in [1.29, 1.82) is 0 Å². The van der Waals surface area contributed by atoms with E-state index in [1.807, 2.05) is 45.0 Å². The Labute approximate surface area is 178 Å². The molecule has 1 amide bonds. The number of carbonyl (C=O) groups excluding carboxylic acids is 1. The predicted octanol–water partition coefficient (Wildman–Crippen LogP) is 4.49. The summed E-state index contributed by atoms with van der Waals surface area (Å²) in [5.41, 5.74) is 3.86. The second-order valence-corrected chi connectivity index (χ2v) is 8.90. The highest BCUT2D eigenvalue weighted by Crippen LogP contribution is 2.38. The van der Waals surface area contributed by atoms with Crippen LogP contribution < -0.4 is 19.9 Å². The first-order chi connectivity index (χ1) is 14.3. The van der Waals surface area contributed by atoms with Crippen LogP contribution in [-0.4, -0.2) is 44.4 Å². The number of piperazine rings is 1. The van der Waals surface area contributed by atoms with Crippen LogP contribution in [0.1, 0.15) is 31.9 Å². The topological polar surface area (TPSA) is 54.0 Å². The maximum Gasteiger partial charge on any atom is 0.414 e. The summed E-state index contributed by atoms with van der Waals surface area (Å²) in [7, 11) is 0. The number of ether oxygens (including phenoxy) is 2. The largest absolute Gasteiger partial charge is 0.457 e. The number of benzene rings is 2. The van der Waals surface area contributed by atoms with E-state index in [4.69, 9.17) is 9.47 Å². The van der Waals surface area contributed by atoms with Crippen LogP contribution in [0.5, 0.6) is 11.5 Å². The standard InChI is InChI=1S/C24H31N3O3/c1-17-20-11-14-27(23(28)30-24(2,3)4)21(20)9-10-22(17)29-19-7-5-18(6-8-19)26-15-12-25-13-16-26/h5-10,25H,11-16H2,1-4H3. The Morgan fingerprint density at radius 3 is 2.37 bits per heavy atom. The van der Waals surface area contributed by atoms with Gasteiger partial charge in [-0.25, -0.2) is 4.79 Å². The van der Waals surface area contributed by atoms with Gasteiger partial charge in [0.1, 0.15) is 17.1 Å². The Hall–Kier alpha value is -2.73. The molecule has 2 heterocycles. The summed E-state index contributed by atoms with van der Waals surface area (Å²) in [6.45, 7) is 12.4. The Balaban J connectivity index is 1.48. The van der Waals surface area contributed by atoms with E-state index in [2.05, 4.69) is 29.3 Å². The number of nitrogens with zero attached hydrogens (tertiary/aromatic N) is 2. The Bertz CT molecular complexity index is 913. The van der Waals surface area contributed by atoms with Crippen LogP contribution >= 0.6 is 0 Å². The van der Waals surface area contributed by atoms with Gasteiger partial charge in [0.05, 0.1) is 5.69 Å². The van der Waals surface area contributed by atoms with Crippen molar-refractivity contribution in [3.8, 4) is 11.5 Å². The maximum atomic E-state index is 12.5. The highest BCUT2D eigenvalue weighted by molar-refractivity contribution is 5.91. The molecule has 0 aliphatic carbocycles. The number of amides is 1. The van der Waals surface area contributed by atoms with Crippen LogP contribution in [0.25, 0.3) is 0 Å². The van der Waals surface area contributed by atoms with Gasteiger partial charge in [0, 0.05) is 38.4 Å². The average Bonchev–Trinajstić information content (AvgIpc) is 3.15.